The number of anilines is 1. The first kappa shape index (κ1) is 17.0. The normalized spacial score (nSPS) is 10.4. The van der Waals surface area contributed by atoms with Crippen molar-refractivity contribution in [3.63, 3.8) is 0 Å². The molecular formula is C18H22N2O3. The molecule has 0 aliphatic carbocycles. The second-order valence-electron chi connectivity index (χ2n) is 5.14. The number of benzene rings is 1. The smallest absolute Gasteiger partial charge is 0.262 e. The van der Waals surface area contributed by atoms with Gasteiger partial charge >= 0.3 is 0 Å². The average Bonchev–Trinajstić information content (AvgIpc) is 2.60. The second kappa shape index (κ2) is 8.29. The van der Waals surface area contributed by atoms with Gasteiger partial charge in [-0.15, -0.1) is 0 Å². The van der Waals surface area contributed by atoms with Crippen LogP contribution in [0, 0.1) is 0 Å². The van der Waals surface area contributed by atoms with Crippen LogP contribution in [0.4, 0.5) is 5.69 Å². The molecule has 0 bridgehead atoms. The minimum Gasteiger partial charge on any atom is -0.482 e. The molecule has 0 fully saturated rings. The molecule has 122 valence electrons. The number of aliphatic hydroxyl groups is 1. The van der Waals surface area contributed by atoms with Gasteiger partial charge in [0.15, 0.2) is 6.61 Å². The third-order valence-electron chi connectivity index (χ3n) is 3.59. The average molecular weight is 314 g/mol. The van der Waals surface area contributed by atoms with Crippen LogP contribution in [0.2, 0.25) is 0 Å². The van der Waals surface area contributed by atoms with Crippen molar-refractivity contribution in [1.82, 2.24) is 4.98 Å². The monoisotopic (exact) mass is 314 g/mol. The Morgan fingerprint density at radius 3 is 2.39 bits per heavy atom. The van der Waals surface area contributed by atoms with Crippen molar-refractivity contribution in [3.05, 3.63) is 53.3 Å². The quantitative estimate of drug-likeness (QED) is 0.824. The zero-order valence-electron chi connectivity index (χ0n) is 13.5. The lowest BCUT2D eigenvalue weighted by Gasteiger charge is -2.14. The largest absolute Gasteiger partial charge is 0.482 e. The van der Waals surface area contributed by atoms with Crippen LogP contribution in [-0.4, -0.2) is 22.6 Å². The molecule has 0 saturated carbocycles. The maximum Gasteiger partial charge on any atom is 0.262 e. The molecule has 0 saturated heterocycles. The highest BCUT2D eigenvalue weighted by atomic mass is 16.5. The highest BCUT2D eigenvalue weighted by Crippen LogP contribution is 2.22. The summed E-state index contributed by atoms with van der Waals surface area (Å²) in [6.45, 7) is 3.93. The minimum absolute atomic E-state index is 0.0820. The number of hydrogen-bond acceptors (Lipinski definition) is 4. The van der Waals surface area contributed by atoms with E-state index in [9.17, 15) is 4.79 Å². The highest BCUT2D eigenvalue weighted by molar-refractivity contribution is 5.93. The van der Waals surface area contributed by atoms with Crippen molar-refractivity contribution in [2.24, 2.45) is 0 Å². The maximum atomic E-state index is 12.1. The number of ether oxygens (including phenoxy) is 1. The van der Waals surface area contributed by atoms with E-state index in [1.165, 1.54) is 6.20 Å². The van der Waals surface area contributed by atoms with Gasteiger partial charge in [-0.3, -0.25) is 9.78 Å². The molecule has 23 heavy (non-hydrogen) atoms. The standard InChI is InChI=1S/C18H22N2O3/c1-3-13-6-5-7-14(4-2)18(13)20-17(22)12-23-16-9-8-15(11-21)19-10-16/h5-10,21H,3-4,11-12H2,1-2H3,(H,20,22). The van der Waals surface area contributed by atoms with Gasteiger partial charge in [0, 0.05) is 5.69 Å². The Kier molecular flexibility index (Phi) is 6.11. The van der Waals surface area contributed by atoms with Crippen LogP contribution in [0.1, 0.15) is 30.7 Å². The Balaban J connectivity index is 1.99. The van der Waals surface area contributed by atoms with Gasteiger partial charge in [0.05, 0.1) is 18.5 Å². The number of nitrogens with one attached hydrogen (secondary N) is 1. The molecular weight excluding hydrogens is 292 g/mol. The lowest BCUT2D eigenvalue weighted by Crippen LogP contribution is -2.21. The fraction of sp³-hybridized carbons (Fsp3) is 0.333. The molecule has 0 spiro atoms. The third kappa shape index (κ3) is 4.53. The third-order valence-corrected chi connectivity index (χ3v) is 3.59. The number of carbonyl (C=O) groups excluding carboxylic acids is 1. The molecule has 1 amide bonds. The summed E-state index contributed by atoms with van der Waals surface area (Å²) in [6, 6.07) is 9.40. The minimum atomic E-state index is -0.202. The van der Waals surface area contributed by atoms with Crippen molar-refractivity contribution >= 4 is 11.6 Å². The van der Waals surface area contributed by atoms with Gasteiger partial charge in [0.25, 0.3) is 5.91 Å². The zero-order valence-corrected chi connectivity index (χ0v) is 13.5. The molecule has 0 radical (unpaired) electrons. The summed E-state index contributed by atoms with van der Waals surface area (Å²) in [4.78, 5) is 16.2. The van der Waals surface area contributed by atoms with Gasteiger partial charge in [0.2, 0.25) is 0 Å². The van der Waals surface area contributed by atoms with Crippen molar-refractivity contribution < 1.29 is 14.6 Å². The first-order valence-corrected chi connectivity index (χ1v) is 7.77. The van der Waals surface area contributed by atoms with Crippen molar-refractivity contribution in [3.8, 4) is 5.75 Å². The van der Waals surface area contributed by atoms with Gasteiger partial charge in [-0.25, -0.2) is 0 Å². The fourth-order valence-corrected chi connectivity index (χ4v) is 2.32. The number of aliphatic hydroxyl groups excluding tert-OH is 1. The summed E-state index contributed by atoms with van der Waals surface area (Å²) >= 11 is 0. The topological polar surface area (TPSA) is 71.5 Å². The van der Waals surface area contributed by atoms with Crippen molar-refractivity contribution in [2.45, 2.75) is 33.3 Å². The van der Waals surface area contributed by atoms with Gasteiger partial charge in [-0.1, -0.05) is 32.0 Å². The number of para-hydroxylation sites is 1. The molecule has 1 heterocycles. The molecule has 0 aliphatic heterocycles. The predicted octanol–water partition coefficient (Wildman–Crippen LogP) is 2.72. The number of aromatic nitrogens is 1. The summed E-state index contributed by atoms with van der Waals surface area (Å²) in [6.07, 6.45) is 3.21. The Morgan fingerprint density at radius 1 is 1.17 bits per heavy atom. The number of pyridine rings is 1. The Bertz CT molecular complexity index is 632. The van der Waals surface area contributed by atoms with Gasteiger partial charge in [0.1, 0.15) is 5.75 Å². The van der Waals surface area contributed by atoms with Crippen LogP contribution < -0.4 is 10.1 Å². The molecule has 1 aromatic heterocycles. The molecule has 0 aliphatic rings. The Labute approximate surface area is 136 Å². The van der Waals surface area contributed by atoms with Gasteiger partial charge < -0.3 is 15.2 Å². The van der Waals surface area contributed by atoms with Crippen LogP contribution >= 0.6 is 0 Å². The number of rotatable bonds is 7. The molecule has 2 N–H and O–H groups in total. The molecule has 2 rings (SSSR count). The number of aryl methyl sites for hydroxylation is 2. The summed E-state index contributed by atoms with van der Waals surface area (Å²) in [5.41, 5.74) is 3.68. The first-order chi connectivity index (χ1) is 11.2. The van der Waals surface area contributed by atoms with Gasteiger partial charge in [-0.2, -0.15) is 0 Å². The zero-order chi connectivity index (χ0) is 16.7. The van der Waals surface area contributed by atoms with E-state index in [0.717, 1.165) is 29.7 Å². The van der Waals surface area contributed by atoms with Crippen LogP contribution in [0.15, 0.2) is 36.5 Å². The number of nitrogens with zero attached hydrogens (tertiary/aromatic N) is 1. The van der Waals surface area contributed by atoms with Crippen LogP contribution in [-0.2, 0) is 24.2 Å². The van der Waals surface area contributed by atoms with Crippen LogP contribution in [0.25, 0.3) is 0 Å². The lowest BCUT2D eigenvalue weighted by molar-refractivity contribution is -0.118. The van der Waals surface area contributed by atoms with Gasteiger partial charge in [-0.05, 0) is 36.1 Å². The summed E-state index contributed by atoms with van der Waals surface area (Å²) in [5.74, 6) is 0.295. The van der Waals surface area contributed by atoms with E-state index in [0.29, 0.717) is 11.4 Å². The number of carbonyl (C=O) groups is 1. The van der Waals surface area contributed by atoms with Crippen LogP contribution in [0.3, 0.4) is 0 Å². The fourth-order valence-electron chi connectivity index (χ4n) is 2.32. The van der Waals surface area contributed by atoms with E-state index in [2.05, 4.69) is 24.1 Å². The van der Waals surface area contributed by atoms with E-state index in [-0.39, 0.29) is 19.1 Å². The molecule has 5 nitrogen and oxygen atoms in total. The summed E-state index contributed by atoms with van der Waals surface area (Å²) in [7, 11) is 0. The second-order valence-corrected chi connectivity index (χ2v) is 5.14. The molecule has 0 atom stereocenters. The van der Waals surface area contributed by atoms with Crippen LogP contribution in [0.5, 0.6) is 5.75 Å². The molecule has 1 aromatic carbocycles. The predicted molar refractivity (Wildman–Crippen MR) is 89.5 cm³/mol. The first-order valence-electron chi connectivity index (χ1n) is 7.77. The van der Waals surface area contributed by atoms with E-state index in [4.69, 9.17) is 9.84 Å². The highest BCUT2D eigenvalue weighted by Gasteiger charge is 2.10. The molecule has 0 unspecified atom stereocenters. The number of hydrogen-bond donors (Lipinski definition) is 2. The summed E-state index contributed by atoms with van der Waals surface area (Å²) < 4.78 is 5.43. The van der Waals surface area contributed by atoms with E-state index in [1.54, 1.807) is 12.1 Å². The van der Waals surface area contributed by atoms with Crippen molar-refractivity contribution in [1.29, 1.82) is 0 Å². The van der Waals surface area contributed by atoms with E-state index < -0.39 is 0 Å². The Morgan fingerprint density at radius 2 is 1.87 bits per heavy atom. The van der Waals surface area contributed by atoms with Crippen molar-refractivity contribution in [2.75, 3.05) is 11.9 Å². The summed E-state index contributed by atoms with van der Waals surface area (Å²) in [5, 5.41) is 11.9. The number of amides is 1. The molecule has 5 heteroatoms. The van der Waals surface area contributed by atoms with E-state index in [1.807, 2.05) is 18.2 Å². The Hall–Kier alpha value is -2.40. The maximum absolute atomic E-state index is 12.1. The SMILES string of the molecule is CCc1cccc(CC)c1NC(=O)COc1ccc(CO)nc1. The van der Waals surface area contributed by atoms with E-state index >= 15 is 0 Å². The lowest BCUT2D eigenvalue weighted by atomic mass is 10.0. The molecule has 2 aromatic rings.